The van der Waals surface area contributed by atoms with Crippen LogP contribution in [0.2, 0.25) is 0 Å². The molecule has 1 atom stereocenters. The van der Waals surface area contributed by atoms with Crippen LogP contribution in [-0.4, -0.2) is 33.7 Å². The number of carbonyl (C=O) groups is 3. The number of amides is 3. The lowest BCUT2D eigenvalue weighted by Crippen LogP contribution is -2.52. The summed E-state index contributed by atoms with van der Waals surface area (Å²) in [5.74, 6) is -1.28. The van der Waals surface area contributed by atoms with E-state index in [1.165, 1.54) is 12.4 Å². The number of piperidine rings is 1. The van der Waals surface area contributed by atoms with Gasteiger partial charge in [0.15, 0.2) is 0 Å². The Labute approximate surface area is 103 Å². The largest absolute Gasteiger partial charge is 0.339 e. The van der Waals surface area contributed by atoms with Gasteiger partial charge < -0.3 is 5.32 Å². The molecule has 1 aromatic rings. The third-order valence-electron chi connectivity index (χ3n) is 2.56. The summed E-state index contributed by atoms with van der Waals surface area (Å²) in [7, 11) is 0. The number of rotatable bonds is 2. The topological polar surface area (TPSA) is 101 Å². The fourth-order valence-corrected chi connectivity index (χ4v) is 1.57. The fraction of sp³-hybridized carbons (Fsp3) is 0.364. The third-order valence-corrected chi connectivity index (χ3v) is 2.56. The van der Waals surface area contributed by atoms with Crippen LogP contribution in [0.1, 0.15) is 29.0 Å². The molecule has 3 amide bonds. The number of hydrogen-bond acceptors (Lipinski definition) is 5. The van der Waals surface area contributed by atoms with Crippen molar-refractivity contribution in [1.82, 2.24) is 20.6 Å². The molecule has 0 bridgehead atoms. The van der Waals surface area contributed by atoms with Crippen LogP contribution in [0.3, 0.4) is 0 Å². The van der Waals surface area contributed by atoms with Crippen molar-refractivity contribution >= 4 is 17.7 Å². The van der Waals surface area contributed by atoms with Gasteiger partial charge in [-0.2, -0.15) is 0 Å². The molecule has 0 unspecified atom stereocenters. The van der Waals surface area contributed by atoms with Crippen molar-refractivity contribution in [3.63, 3.8) is 0 Å². The number of hydrogen-bond donors (Lipinski definition) is 2. The molecule has 94 valence electrons. The second-order valence-corrected chi connectivity index (χ2v) is 4.02. The van der Waals surface area contributed by atoms with Crippen molar-refractivity contribution in [1.29, 1.82) is 0 Å². The normalized spacial score (nSPS) is 19.3. The average Bonchev–Trinajstić information content (AvgIpc) is 2.33. The molecular formula is C11H12N4O3. The summed E-state index contributed by atoms with van der Waals surface area (Å²) < 4.78 is 0. The molecular weight excluding hydrogens is 236 g/mol. The van der Waals surface area contributed by atoms with Crippen LogP contribution in [0.5, 0.6) is 0 Å². The summed E-state index contributed by atoms with van der Waals surface area (Å²) in [6.07, 6.45) is 3.34. The summed E-state index contributed by atoms with van der Waals surface area (Å²) in [6.45, 7) is 1.76. The van der Waals surface area contributed by atoms with E-state index in [-0.39, 0.29) is 18.0 Å². The van der Waals surface area contributed by atoms with Crippen molar-refractivity contribution in [3.8, 4) is 0 Å². The molecule has 2 N–H and O–H groups in total. The highest BCUT2D eigenvalue weighted by Gasteiger charge is 2.28. The minimum absolute atomic E-state index is 0.144. The van der Waals surface area contributed by atoms with Gasteiger partial charge in [-0.1, -0.05) is 0 Å². The van der Waals surface area contributed by atoms with Gasteiger partial charge in [0.2, 0.25) is 11.8 Å². The molecule has 0 radical (unpaired) electrons. The molecule has 18 heavy (non-hydrogen) atoms. The lowest BCUT2D eigenvalue weighted by Gasteiger charge is -2.21. The van der Waals surface area contributed by atoms with Crippen LogP contribution in [0.15, 0.2) is 12.4 Å². The van der Waals surface area contributed by atoms with Crippen molar-refractivity contribution < 1.29 is 14.4 Å². The van der Waals surface area contributed by atoms with E-state index < -0.39 is 17.9 Å². The molecule has 0 spiro atoms. The van der Waals surface area contributed by atoms with E-state index in [1.807, 2.05) is 0 Å². The van der Waals surface area contributed by atoms with Gasteiger partial charge in [-0.15, -0.1) is 0 Å². The smallest absolute Gasteiger partial charge is 0.272 e. The van der Waals surface area contributed by atoms with Gasteiger partial charge >= 0.3 is 0 Å². The molecule has 0 saturated carbocycles. The van der Waals surface area contributed by atoms with E-state index >= 15 is 0 Å². The van der Waals surface area contributed by atoms with Crippen molar-refractivity contribution in [2.45, 2.75) is 25.8 Å². The average molecular weight is 248 g/mol. The van der Waals surface area contributed by atoms with E-state index in [2.05, 4.69) is 20.6 Å². The van der Waals surface area contributed by atoms with E-state index in [9.17, 15) is 14.4 Å². The lowest BCUT2D eigenvalue weighted by molar-refractivity contribution is -0.134. The van der Waals surface area contributed by atoms with E-state index in [0.29, 0.717) is 12.1 Å². The highest BCUT2D eigenvalue weighted by Crippen LogP contribution is 2.05. The zero-order valence-electron chi connectivity index (χ0n) is 9.77. The van der Waals surface area contributed by atoms with Crippen LogP contribution in [0.25, 0.3) is 0 Å². The molecule has 7 nitrogen and oxygen atoms in total. The number of aromatic nitrogens is 2. The molecule has 0 aliphatic carbocycles. The number of nitrogens with zero attached hydrogens (tertiary/aromatic N) is 2. The maximum Gasteiger partial charge on any atom is 0.272 e. The van der Waals surface area contributed by atoms with Crippen LogP contribution >= 0.6 is 0 Å². The Morgan fingerprint density at radius 1 is 1.39 bits per heavy atom. The maximum absolute atomic E-state index is 11.8. The first-order valence-corrected chi connectivity index (χ1v) is 5.49. The SMILES string of the molecule is Cc1cnc(C(=O)N[C@H]2CCC(=O)NC2=O)cn1. The van der Waals surface area contributed by atoms with Crippen LogP contribution in [0.4, 0.5) is 0 Å². The zero-order chi connectivity index (χ0) is 13.1. The predicted molar refractivity (Wildman–Crippen MR) is 60.4 cm³/mol. The quantitative estimate of drug-likeness (QED) is 0.675. The number of aryl methyl sites for hydroxylation is 1. The number of carbonyl (C=O) groups excluding carboxylic acids is 3. The summed E-state index contributed by atoms with van der Waals surface area (Å²) in [5.41, 5.74) is 0.845. The molecule has 1 fully saturated rings. The molecule has 1 aliphatic heterocycles. The molecule has 2 heterocycles. The molecule has 7 heteroatoms. The molecule has 1 saturated heterocycles. The Morgan fingerprint density at radius 2 is 2.17 bits per heavy atom. The van der Waals surface area contributed by atoms with E-state index in [0.717, 1.165) is 0 Å². The van der Waals surface area contributed by atoms with Crippen LogP contribution in [-0.2, 0) is 9.59 Å². The number of imide groups is 1. The van der Waals surface area contributed by atoms with Crippen molar-refractivity contribution in [3.05, 3.63) is 23.8 Å². The van der Waals surface area contributed by atoms with Crippen LogP contribution in [0, 0.1) is 6.92 Å². The van der Waals surface area contributed by atoms with Gasteiger partial charge in [0.1, 0.15) is 11.7 Å². The van der Waals surface area contributed by atoms with Gasteiger partial charge in [-0.3, -0.25) is 24.7 Å². The maximum atomic E-state index is 11.8. The first kappa shape index (κ1) is 12.2. The van der Waals surface area contributed by atoms with Gasteiger partial charge in [-0.05, 0) is 13.3 Å². The monoisotopic (exact) mass is 248 g/mol. The lowest BCUT2D eigenvalue weighted by atomic mass is 10.1. The minimum Gasteiger partial charge on any atom is -0.339 e. The highest BCUT2D eigenvalue weighted by atomic mass is 16.2. The first-order valence-electron chi connectivity index (χ1n) is 5.49. The summed E-state index contributed by atoms with van der Waals surface area (Å²) >= 11 is 0. The standard InChI is InChI=1S/C11H12N4O3/c1-6-4-13-8(5-12-6)11(18)14-7-2-3-9(16)15-10(7)17/h4-5,7H,2-3H2,1H3,(H,14,18)(H,15,16,17)/t7-/m0/s1. The van der Waals surface area contributed by atoms with Gasteiger partial charge in [0.25, 0.3) is 5.91 Å². The Balaban J connectivity index is 2.01. The van der Waals surface area contributed by atoms with Crippen molar-refractivity contribution in [2.75, 3.05) is 0 Å². The predicted octanol–water partition coefficient (Wildman–Crippen LogP) is -0.680. The summed E-state index contributed by atoms with van der Waals surface area (Å²) in [5, 5.41) is 4.69. The Morgan fingerprint density at radius 3 is 2.78 bits per heavy atom. The zero-order valence-corrected chi connectivity index (χ0v) is 9.77. The number of nitrogens with one attached hydrogen (secondary N) is 2. The summed E-state index contributed by atoms with van der Waals surface area (Å²) in [6, 6.07) is -0.696. The van der Waals surface area contributed by atoms with Gasteiger partial charge in [-0.25, -0.2) is 4.98 Å². The third kappa shape index (κ3) is 2.68. The Kier molecular flexibility index (Phi) is 3.31. The van der Waals surface area contributed by atoms with Gasteiger partial charge in [0.05, 0.1) is 11.9 Å². The molecule has 0 aromatic carbocycles. The van der Waals surface area contributed by atoms with Gasteiger partial charge in [0, 0.05) is 12.6 Å². The van der Waals surface area contributed by atoms with Crippen molar-refractivity contribution in [2.24, 2.45) is 0 Å². The molecule has 1 aliphatic rings. The van der Waals surface area contributed by atoms with E-state index in [4.69, 9.17) is 0 Å². The Bertz CT molecular complexity index is 498. The highest BCUT2D eigenvalue weighted by molar-refractivity contribution is 6.03. The minimum atomic E-state index is -0.696. The first-order chi connectivity index (χ1) is 8.56. The molecule has 1 aromatic heterocycles. The second-order valence-electron chi connectivity index (χ2n) is 4.02. The Hall–Kier alpha value is -2.31. The second kappa shape index (κ2) is 4.91. The fourth-order valence-electron chi connectivity index (χ4n) is 1.57. The van der Waals surface area contributed by atoms with E-state index in [1.54, 1.807) is 6.92 Å². The molecule has 2 rings (SSSR count). The van der Waals surface area contributed by atoms with Crippen LogP contribution < -0.4 is 10.6 Å². The summed E-state index contributed by atoms with van der Waals surface area (Å²) in [4.78, 5) is 42.0.